The van der Waals surface area contributed by atoms with Crippen LogP contribution in [0.5, 0.6) is 5.88 Å². The summed E-state index contributed by atoms with van der Waals surface area (Å²) in [6, 6.07) is 0.871. The summed E-state index contributed by atoms with van der Waals surface area (Å²) in [7, 11) is 0. The van der Waals surface area contributed by atoms with E-state index in [-0.39, 0.29) is 6.61 Å². The van der Waals surface area contributed by atoms with Crippen LogP contribution in [0.1, 0.15) is 55.1 Å². The number of halogens is 5. The summed E-state index contributed by atoms with van der Waals surface area (Å²) in [6.45, 7) is 1.97. The maximum atomic E-state index is 13.3. The van der Waals surface area contributed by atoms with Gasteiger partial charge < -0.3 is 14.6 Å². The number of hydrogen-bond acceptors (Lipinski definition) is 4. The first-order valence-electron chi connectivity index (χ1n) is 7.41. The van der Waals surface area contributed by atoms with E-state index < -0.39 is 35.2 Å². The van der Waals surface area contributed by atoms with Gasteiger partial charge in [0.25, 0.3) is 0 Å². The number of carbonyl (C=O) groups excluding carboxylic acids is 1. The van der Waals surface area contributed by atoms with Crippen molar-refractivity contribution >= 4 is 5.97 Å². The summed E-state index contributed by atoms with van der Waals surface area (Å²) in [5, 5.41) is 10.9. The van der Waals surface area contributed by atoms with E-state index in [4.69, 9.17) is 4.74 Å². The maximum absolute atomic E-state index is 13.3. The summed E-state index contributed by atoms with van der Waals surface area (Å²) < 4.78 is 68.7. The number of hydrogen-bond donors (Lipinski definition) is 0. The highest BCUT2D eigenvalue weighted by Gasteiger charge is 2.60. The molecule has 0 spiro atoms. The minimum Gasteiger partial charge on any atom is -0.545 e. The zero-order valence-electron chi connectivity index (χ0n) is 13.0. The van der Waals surface area contributed by atoms with Crippen molar-refractivity contribution < 1.29 is 36.6 Å². The predicted molar refractivity (Wildman–Crippen MR) is 72.8 cm³/mol. The Morgan fingerprint density at radius 2 is 1.75 bits per heavy atom. The van der Waals surface area contributed by atoms with E-state index in [1.165, 1.54) is 0 Å². The first kappa shape index (κ1) is 20.1. The van der Waals surface area contributed by atoms with Crippen molar-refractivity contribution in [1.82, 2.24) is 4.98 Å². The molecule has 24 heavy (non-hydrogen) atoms. The molecule has 0 fully saturated rings. The van der Waals surface area contributed by atoms with Crippen LogP contribution in [0.2, 0.25) is 0 Å². The van der Waals surface area contributed by atoms with Gasteiger partial charge in [0.05, 0.1) is 18.1 Å². The van der Waals surface area contributed by atoms with E-state index in [1.54, 1.807) is 0 Å². The van der Waals surface area contributed by atoms with Crippen molar-refractivity contribution in [2.75, 3.05) is 6.61 Å². The number of ether oxygens (including phenoxy) is 1. The van der Waals surface area contributed by atoms with Crippen LogP contribution in [0.25, 0.3) is 0 Å². The normalized spacial score (nSPS) is 12.2. The molecule has 0 atom stereocenters. The highest BCUT2D eigenvalue weighted by molar-refractivity contribution is 5.88. The van der Waals surface area contributed by atoms with Gasteiger partial charge in [0.15, 0.2) is 0 Å². The number of carboxylic acids is 1. The monoisotopic (exact) mass is 354 g/mol. The van der Waals surface area contributed by atoms with Gasteiger partial charge in [-0.25, -0.2) is 4.98 Å². The Morgan fingerprint density at radius 1 is 1.12 bits per heavy atom. The maximum Gasteiger partial charge on any atom is 0.459 e. The largest absolute Gasteiger partial charge is 0.545 e. The molecule has 0 aliphatic heterocycles. The van der Waals surface area contributed by atoms with Crippen LogP contribution in [0.3, 0.4) is 0 Å². The molecule has 0 bridgehead atoms. The fourth-order valence-corrected chi connectivity index (χ4v) is 1.90. The van der Waals surface area contributed by atoms with Gasteiger partial charge in [0, 0.05) is 0 Å². The van der Waals surface area contributed by atoms with E-state index >= 15 is 0 Å². The fraction of sp³-hybridized carbons (Fsp3) is 0.600. The minimum absolute atomic E-state index is 0.0436. The lowest BCUT2D eigenvalue weighted by Crippen LogP contribution is -2.35. The number of alkyl halides is 5. The van der Waals surface area contributed by atoms with Gasteiger partial charge >= 0.3 is 12.1 Å². The quantitative estimate of drug-likeness (QED) is 0.503. The summed E-state index contributed by atoms with van der Waals surface area (Å²) in [5.41, 5.74) is -2.30. The zero-order chi connectivity index (χ0) is 18.4. The van der Waals surface area contributed by atoms with E-state index in [0.717, 1.165) is 25.7 Å². The smallest absolute Gasteiger partial charge is 0.459 e. The molecule has 0 aliphatic rings. The second-order valence-corrected chi connectivity index (χ2v) is 5.17. The average Bonchev–Trinajstić information content (AvgIpc) is 2.49. The molecule has 0 aromatic carbocycles. The molecule has 0 saturated heterocycles. The van der Waals surface area contributed by atoms with Gasteiger partial charge in [-0.15, -0.1) is 0 Å². The molecule has 1 rings (SSSR count). The Kier molecular flexibility index (Phi) is 6.92. The third kappa shape index (κ3) is 5.04. The molecule has 1 aromatic rings. The number of carbonyl (C=O) groups is 1. The minimum atomic E-state index is -5.85. The second-order valence-electron chi connectivity index (χ2n) is 5.17. The van der Waals surface area contributed by atoms with E-state index in [2.05, 4.69) is 4.98 Å². The van der Waals surface area contributed by atoms with Crippen molar-refractivity contribution in [3.8, 4) is 5.88 Å². The highest BCUT2D eigenvalue weighted by Crippen LogP contribution is 2.43. The topological polar surface area (TPSA) is 62.2 Å². The molecule has 0 radical (unpaired) electrons. The number of carboxylic acid groups (broad SMARTS) is 1. The Bertz CT molecular complexity index is 561. The van der Waals surface area contributed by atoms with Gasteiger partial charge in [-0.05, 0) is 18.6 Å². The van der Waals surface area contributed by atoms with Crippen LogP contribution in [-0.4, -0.2) is 23.7 Å². The van der Waals surface area contributed by atoms with Crippen LogP contribution in [0.15, 0.2) is 12.1 Å². The number of aromatic carboxylic acids is 1. The van der Waals surface area contributed by atoms with Gasteiger partial charge in [0.2, 0.25) is 5.88 Å². The Labute approximate surface area is 135 Å². The van der Waals surface area contributed by atoms with Gasteiger partial charge in [0.1, 0.15) is 5.69 Å². The Morgan fingerprint density at radius 3 is 2.29 bits per heavy atom. The van der Waals surface area contributed by atoms with Crippen molar-refractivity contribution in [1.29, 1.82) is 0 Å². The molecule has 1 heterocycles. The lowest BCUT2D eigenvalue weighted by molar-refractivity contribution is -0.291. The SMILES string of the molecule is CCCCCCCOc1nc(C(F)(F)C(F)(F)F)ccc1C(=O)[O-]. The number of unbranched alkanes of at least 4 members (excludes halogenated alkanes) is 4. The first-order valence-corrected chi connectivity index (χ1v) is 7.41. The fourth-order valence-electron chi connectivity index (χ4n) is 1.90. The van der Waals surface area contributed by atoms with Crippen LogP contribution >= 0.6 is 0 Å². The van der Waals surface area contributed by atoms with E-state index in [0.29, 0.717) is 18.6 Å². The lowest BCUT2D eigenvalue weighted by atomic mass is 10.1. The molecular weight excluding hydrogens is 337 g/mol. The third-order valence-electron chi connectivity index (χ3n) is 3.24. The summed E-state index contributed by atoms with van der Waals surface area (Å²) in [4.78, 5) is 14.0. The van der Waals surface area contributed by atoms with E-state index in [1.807, 2.05) is 6.92 Å². The molecule has 0 N–H and O–H groups in total. The van der Waals surface area contributed by atoms with Crippen LogP contribution in [-0.2, 0) is 5.92 Å². The summed E-state index contributed by atoms with van der Waals surface area (Å²) >= 11 is 0. The molecule has 0 saturated carbocycles. The van der Waals surface area contributed by atoms with Gasteiger partial charge in [-0.3, -0.25) is 0 Å². The first-order chi connectivity index (χ1) is 11.1. The number of nitrogens with zero attached hydrogens (tertiary/aromatic N) is 1. The Balaban J connectivity index is 2.92. The molecule has 136 valence electrons. The average molecular weight is 354 g/mol. The number of rotatable bonds is 9. The van der Waals surface area contributed by atoms with Gasteiger partial charge in [-0.2, -0.15) is 22.0 Å². The standard InChI is InChI=1S/C15H18F5NO3/c1-2-3-4-5-6-9-24-12-10(13(22)23)7-8-11(21-12)14(16,17)15(18,19)20/h7-8H,2-6,9H2,1H3,(H,22,23)/p-1. The molecule has 0 aliphatic carbocycles. The van der Waals surface area contributed by atoms with Crippen LogP contribution < -0.4 is 9.84 Å². The molecule has 0 unspecified atom stereocenters. The summed E-state index contributed by atoms with van der Waals surface area (Å²) in [6.07, 6.45) is -1.68. The molecule has 0 amide bonds. The number of pyridine rings is 1. The van der Waals surface area contributed by atoms with Crippen LogP contribution in [0.4, 0.5) is 22.0 Å². The highest BCUT2D eigenvalue weighted by atomic mass is 19.4. The van der Waals surface area contributed by atoms with Crippen molar-refractivity contribution in [2.24, 2.45) is 0 Å². The van der Waals surface area contributed by atoms with Crippen molar-refractivity contribution in [2.45, 2.75) is 51.1 Å². The second kappa shape index (κ2) is 8.25. The Hall–Kier alpha value is -1.93. The molecule has 4 nitrogen and oxygen atoms in total. The third-order valence-corrected chi connectivity index (χ3v) is 3.24. The molecular formula is C15H17F5NO3-. The van der Waals surface area contributed by atoms with Crippen molar-refractivity contribution in [3.05, 3.63) is 23.4 Å². The zero-order valence-corrected chi connectivity index (χ0v) is 13.0. The van der Waals surface area contributed by atoms with Crippen LogP contribution in [0, 0.1) is 0 Å². The van der Waals surface area contributed by atoms with Crippen molar-refractivity contribution in [3.63, 3.8) is 0 Å². The molecule has 9 heteroatoms. The predicted octanol–water partition coefficient (Wildman–Crippen LogP) is 3.45. The van der Waals surface area contributed by atoms with Gasteiger partial charge in [-0.1, -0.05) is 32.6 Å². The van der Waals surface area contributed by atoms with E-state index in [9.17, 15) is 31.9 Å². The molecule has 1 aromatic heterocycles. The number of aromatic nitrogens is 1. The summed E-state index contributed by atoms with van der Waals surface area (Å²) in [5.74, 6) is -7.78. The lowest BCUT2D eigenvalue weighted by Gasteiger charge is -2.20.